The van der Waals surface area contributed by atoms with Crippen molar-refractivity contribution in [3.05, 3.63) is 78.4 Å². The first-order valence-corrected chi connectivity index (χ1v) is 17.8. The summed E-state index contributed by atoms with van der Waals surface area (Å²) in [7, 11) is 0. The zero-order valence-electron chi connectivity index (χ0n) is 29.2. The van der Waals surface area contributed by atoms with Gasteiger partial charge in [0.1, 0.15) is 17.4 Å². The van der Waals surface area contributed by atoms with Crippen molar-refractivity contribution in [2.45, 2.75) is 77.0 Å². The fraction of sp³-hybridized carbons (Fsp3) is 0.513. The minimum absolute atomic E-state index is 0.103. The maximum atomic E-state index is 15.1. The van der Waals surface area contributed by atoms with E-state index < -0.39 is 29.1 Å². The van der Waals surface area contributed by atoms with Crippen LogP contribution < -0.4 is 14.5 Å². The number of nitrogens with zero attached hydrogens (tertiary/aromatic N) is 3. The lowest BCUT2D eigenvalue weighted by atomic mass is 9.62. The van der Waals surface area contributed by atoms with Gasteiger partial charge in [-0.3, -0.25) is 14.4 Å². The van der Waals surface area contributed by atoms with E-state index in [0.717, 1.165) is 18.4 Å². The van der Waals surface area contributed by atoms with Crippen LogP contribution in [0.25, 0.3) is 0 Å². The molecule has 3 aliphatic heterocycles. The van der Waals surface area contributed by atoms with Gasteiger partial charge in [-0.15, -0.1) is 13.2 Å². The van der Waals surface area contributed by atoms with Crippen LogP contribution in [0.3, 0.4) is 0 Å². The number of benzene rings is 2. The van der Waals surface area contributed by atoms with E-state index in [2.05, 4.69) is 13.2 Å². The first-order chi connectivity index (χ1) is 23.5. The van der Waals surface area contributed by atoms with Crippen LogP contribution in [0.2, 0.25) is 5.02 Å². The number of hydrogen-bond acceptors (Lipinski definition) is 6. The summed E-state index contributed by atoms with van der Waals surface area (Å²) < 4.78 is 12.7. The van der Waals surface area contributed by atoms with Crippen molar-refractivity contribution in [1.82, 2.24) is 4.90 Å². The Morgan fingerprint density at radius 1 is 1.06 bits per heavy atom. The predicted octanol–water partition coefficient (Wildman–Crippen LogP) is 6.35. The molecular formula is C39H50ClN3O6. The van der Waals surface area contributed by atoms with Crippen molar-refractivity contribution >= 4 is 40.7 Å². The second-order valence-corrected chi connectivity index (χ2v) is 14.1. The highest BCUT2D eigenvalue weighted by molar-refractivity contribution is 6.34. The largest absolute Gasteiger partial charge is 0.494 e. The van der Waals surface area contributed by atoms with E-state index >= 15 is 4.79 Å². The lowest BCUT2D eigenvalue weighted by Gasteiger charge is -2.39. The molecule has 9 nitrogen and oxygen atoms in total. The van der Waals surface area contributed by atoms with Gasteiger partial charge < -0.3 is 29.3 Å². The number of ether oxygens (including phenoxy) is 2. The molecule has 3 fully saturated rings. The topological polar surface area (TPSA) is 99.6 Å². The van der Waals surface area contributed by atoms with Crippen LogP contribution >= 0.6 is 11.6 Å². The Hall–Kier alpha value is -3.66. The third-order valence-electron chi connectivity index (χ3n) is 10.7. The summed E-state index contributed by atoms with van der Waals surface area (Å²) >= 11 is 6.73. The van der Waals surface area contributed by atoms with Gasteiger partial charge in [-0.2, -0.15) is 0 Å². The molecule has 1 spiro atoms. The lowest BCUT2D eigenvalue weighted by molar-refractivity contribution is -0.145. The number of anilines is 2. The summed E-state index contributed by atoms with van der Waals surface area (Å²) in [6, 6.07) is 11.8. The van der Waals surface area contributed by atoms with Crippen molar-refractivity contribution in [2.24, 2.45) is 17.8 Å². The van der Waals surface area contributed by atoms with Gasteiger partial charge in [-0.1, -0.05) is 55.7 Å². The monoisotopic (exact) mass is 691 g/mol. The number of halogens is 1. The van der Waals surface area contributed by atoms with E-state index in [1.54, 1.807) is 32.9 Å². The molecular weight excluding hydrogens is 642 g/mol. The Kier molecular flexibility index (Phi) is 11.3. The summed E-state index contributed by atoms with van der Waals surface area (Å²) in [5.41, 5.74) is -0.168. The van der Waals surface area contributed by atoms with Gasteiger partial charge in [0, 0.05) is 31.9 Å². The second-order valence-electron chi connectivity index (χ2n) is 13.7. The minimum Gasteiger partial charge on any atom is -0.494 e. The molecule has 0 aliphatic carbocycles. The van der Waals surface area contributed by atoms with Gasteiger partial charge >= 0.3 is 0 Å². The highest BCUT2D eigenvalue weighted by atomic mass is 35.5. The van der Waals surface area contributed by atoms with Crippen molar-refractivity contribution in [3.63, 3.8) is 0 Å². The summed E-state index contributed by atoms with van der Waals surface area (Å²) in [5, 5.41) is 9.73. The van der Waals surface area contributed by atoms with E-state index in [-0.39, 0.29) is 43.3 Å². The first kappa shape index (κ1) is 36.6. The zero-order valence-corrected chi connectivity index (χ0v) is 30.0. The van der Waals surface area contributed by atoms with E-state index in [1.807, 2.05) is 64.1 Å². The number of hydrogen-bond donors (Lipinski definition) is 1. The molecule has 0 aromatic heterocycles. The summed E-state index contributed by atoms with van der Waals surface area (Å²) in [4.78, 5) is 49.7. The van der Waals surface area contributed by atoms with Gasteiger partial charge in [0.15, 0.2) is 0 Å². The molecule has 6 atom stereocenters. The van der Waals surface area contributed by atoms with Gasteiger partial charge in [0.05, 0.1) is 34.8 Å². The third kappa shape index (κ3) is 6.41. The average Bonchev–Trinajstić information content (AvgIpc) is 3.59. The zero-order chi connectivity index (χ0) is 35.5. The maximum absolute atomic E-state index is 15.1. The number of aliphatic hydroxyl groups is 1. The predicted molar refractivity (Wildman–Crippen MR) is 193 cm³/mol. The Labute approximate surface area is 295 Å². The minimum atomic E-state index is -1.22. The van der Waals surface area contributed by atoms with E-state index in [1.165, 1.54) is 0 Å². The molecule has 3 unspecified atom stereocenters. The maximum Gasteiger partial charge on any atom is 0.253 e. The van der Waals surface area contributed by atoms with Crippen LogP contribution in [-0.4, -0.2) is 77.8 Å². The van der Waals surface area contributed by atoms with Gasteiger partial charge in [-0.25, -0.2) is 0 Å². The van der Waals surface area contributed by atoms with Crippen molar-refractivity contribution in [2.75, 3.05) is 42.6 Å². The number of fused-ring (bicyclic) bond motifs is 1. The number of amides is 3. The highest BCUT2D eigenvalue weighted by Gasteiger charge is 2.80. The Morgan fingerprint density at radius 3 is 2.37 bits per heavy atom. The smallest absolute Gasteiger partial charge is 0.253 e. The summed E-state index contributed by atoms with van der Waals surface area (Å²) in [5.74, 6) is -1.90. The molecule has 0 saturated carbocycles. The molecule has 264 valence electrons. The Morgan fingerprint density at radius 2 is 1.73 bits per heavy atom. The molecule has 2 aromatic rings. The average molecular weight is 692 g/mol. The number of aryl methyl sites for hydroxylation is 1. The highest BCUT2D eigenvalue weighted by Crippen LogP contribution is 2.65. The fourth-order valence-electron chi connectivity index (χ4n) is 8.42. The SMILES string of the molecule is C=CCN(C(=O)[C@H]1[C@H]2C(=O)N(CCCCCCO)C(C(=O)N(CC=C)c3c(C)cccc3Cl)C23CC(C)[C@]1(C)O3)c1ccc(OCC)cc1. The summed E-state index contributed by atoms with van der Waals surface area (Å²) in [6.45, 7) is 17.0. The van der Waals surface area contributed by atoms with E-state index in [9.17, 15) is 14.7 Å². The van der Waals surface area contributed by atoms with E-state index in [0.29, 0.717) is 54.6 Å². The Bertz CT molecular complexity index is 1540. The standard InChI is InChI=1S/C39H50ClN3O6/c1-7-21-41(28-17-19-29(20-18-28)48-9-3)35(45)31-32-36(46)43(23-12-10-11-13-24-44)34(39(32)25-27(5)38(31,6)49-39)37(47)42(22-8-2)33-26(4)15-14-16-30(33)40/h7-8,14-20,27,31-32,34,44H,1-2,9-13,21-25H2,3-6H3/t27?,31-,32+,34?,38+,39?/m1/s1. The molecule has 3 amide bonds. The van der Waals surface area contributed by atoms with Gasteiger partial charge in [0.25, 0.3) is 5.91 Å². The lowest BCUT2D eigenvalue weighted by Crippen LogP contribution is -2.57. The van der Waals surface area contributed by atoms with Crippen LogP contribution in [-0.2, 0) is 19.1 Å². The number of aliphatic hydroxyl groups excluding tert-OH is 1. The third-order valence-corrected chi connectivity index (χ3v) is 11.0. The summed E-state index contributed by atoms with van der Waals surface area (Å²) in [6.07, 6.45) is 6.68. The number of likely N-dealkylation sites (tertiary alicyclic amines) is 1. The molecule has 1 N–H and O–H groups in total. The quantitative estimate of drug-likeness (QED) is 0.163. The molecule has 5 rings (SSSR count). The second kappa shape index (κ2) is 15.1. The number of para-hydroxylation sites is 1. The molecule has 2 aromatic carbocycles. The van der Waals surface area contributed by atoms with Crippen molar-refractivity contribution < 1.29 is 29.0 Å². The number of carbonyl (C=O) groups excluding carboxylic acids is 3. The van der Waals surface area contributed by atoms with Gasteiger partial charge in [-0.05, 0) is 81.8 Å². The number of rotatable bonds is 16. The normalized spacial score (nSPS) is 26.8. The molecule has 3 heterocycles. The van der Waals surface area contributed by atoms with E-state index in [4.69, 9.17) is 21.1 Å². The van der Waals surface area contributed by atoms with Crippen molar-refractivity contribution in [3.8, 4) is 5.75 Å². The Balaban J connectivity index is 1.59. The van der Waals surface area contributed by atoms with Crippen molar-refractivity contribution in [1.29, 1.82) is 0 Å². The first-order valence-electron chi connectivity index (χ1n) is 17.4. The molecule has 3 saturated heterocycles. The molecule has 10 heteroatoms. The van der Waals surface area contributed by atoms with Crippen LogP contribution in [0.4, 0.5) is 11.4 Å². The van der Waals surface area contributed by atoms with Crippen LogP contribution in [0.1, 0.15) is 58.4 Å². The van der Waals surface area contributed by atoms with Crippen LogP contribution in [0.5, 0.6) is 5.75 Å². The molecule has 0 radical (unpaired) electrons. The van der Waals surface area contributed by atoms with Crippen LogP contribution in [0.15, 0.2) is 67.8 Å². The molecule has 49 heavy (non-hydrogen) atoms. The molecule has 2 bridgehead atoms. The fourth-order valence-corrected chi connectivity index (χ4v) is 8.75. The van der Waals surface area contributed by atoms with Gasteiger partial charge in [0.2, 0.25) is 11.8 Å². The molecule has 3 aliphatic rings. The number of carbonyl (C=O) groups is 3. The van der Waals surface area contributed by atoms with Crippen LogP contribution in [0, 0.1) is 24.7 Å². The number of unbranched alkanes of at least 4 members (excludes halogenated alkanes) is 3.